The number of hydrazone groups is 1. The highest BCUT2D eigenvalue weighted by Gasteiger charge is 2.12. The zero-order chi connectivity index (χ0) is 20.8. The SMILES string of the molecule is COc1cc(OC)c(OC)cc1/C=N/NC(=O)CSc1nc2ccccc2n1C. The van der Waals surface area contributed by atoms with Crippen LogP contribution in [0.5, 0.6) is 17.2 Å². The Hall–Kier alpha value is -3.20. The van der Waals surface area contributed by atoms with Gasteiger partial charge in [0, 0.05) is 18.7 Å². The fourth-order valence-electron chi connectivity index (χ4n) is 2.74. The number of thioether (sulfide) groups is 1. The highest BCUT2D eigenvalue weighted by Crippen LogP contribution is 2.33. The van der Waals surface area contributed by atoms with Gasteiger partial charge in [-0.1, -0.05) is 23.9 Å². The van der Waals surface area contributed by atoms with E-state index < -0.39 is 0 Å². The molecule has 0 bridgehead atoms. The number of fused-ring (bicyclic) bond motifs is 1. The van der Waals surface area contributed by atoms with Gasteiger partial charge < -0.3 is 18.8 Å². The van der Waals surface area contributed by atoms with Crippen LogP contribution in [0.25, 0.3) is 11.0 Å². The molecule has 1 heterocycles. The predicted molar refractivity (Wildman–Crippen MR) is 113 cm³/mol. The van der Waals surface area contributed by atoms with Gasteiger partial charge in [0.05, 0.1) is 44.3 Å². The predicted octanol–water partition coefficient (Wildman–Crippen LogP) is 2.84. The van der Waals surface area contributed by atoms with Crippen molar-refractivity contribution in [1.29, 1.82) is 0 Å². The molecule has 9 heteroatoms. The monoisotopic (exact) mass is 414 g/mol. The molecule has 0 atom stereocenters. The third kappa shape index (κ3) is 4.62. The van der Waals surface area contributed by atoms with Crippen molar-refractivity contribution in [2.75, 3.05) is 27.1 Å². The zero-order valence-corrected chi connectivity index (χ0v) is 17.4. The largest absolute Gasteiger partial charge is 0.496 e. The summed E-state index contributed by atoms with van der Waals surface area (Å²) in [5, 5.41) is 4.79. The third-order valence-electron chi connectivity index (χ3n) is 4.21. The van der Waals surface area contributed by atoms with Crippen LogP contribution in [0.3, 0.4) is 0 Å². The maximum atomic E-state index is 12.2. The molecule has 3 aromatic rings. The topological polar surface area (TPSA) is 87.0 Å². The number of rotatable bonds is 8. The summed E-state index contributed by atoms with van der Waals surface area (Å²) < 4.78 is 17.8. The van der Waals surface area contributed by atoms with E-state index in [1.807, 2.05) is 35.9 Å². The Labute approximate surface area is 172 Å². The van der Waals surface area contributed by atoms with Gasteiger partial charge in [-0.25, -0.2) is 10.4 Å². The van der Waals surface area contributed by atoms with Gasteiger partial charge in [0.2, 0.25) is 0 Å². The summed E-state index contributed by atoms with van der Waals surface area (Å²) in [5.41, 5.74) is 5.09. The van der Waals surface area contributed by atoms with Crippen LogP contribution in [-0.2, 0) is 11.8 Å². The molecular weight excluding hydrogens is 392 g/mol. The lowest BCUT2D eigenvalue weighted by atomic mass is 10.2. The van der Waals surface area contributed by atoms with E-state index in [0.717, 1.165) is 16.2 Å². The second-order valence-corrected chi connectivity index (χ2v) is 6.92. The first-order valence-electron chi connectivity index (χ1n) is 8.73. The van der Waals surface area contributed by atoms with Crippen molar-refractivity contribution in [1.82, 2.24) is 15.0 Å². The molecule has 0 spiro atoms. The molecule has 0 saturated carbocycles. The normalized spacial score (nSPS) is 11.0. The number of ether oxygens (including phenoxy) is 3. The van der Waals surface area contributed by atoms with Gasteiger partial charge in [-0.15, -0.1) is 0 Å². The zero-order valence-electron chi connectivity index (χ0n) is 16.6. The molecule has 29 heavy (non-hydrogen) atoms. The summed E-state index contributed by atoms with van der Waals surface area (Å²) in [6.45, 7) is 0. The molecule has 2 aromatic carbocycles. The number of hydrogen-bond donors (Lipinski definition) is 1. The van der Waals surface area contributed by atoms with Gasteiger partial charge in [0.15, 0.2) is 16.7 Å². The number of hydrogen-bond acceptors (Lipinski definition) is 7. The Balaban J connectivity index is 1.63. The van der Waals surface area contributed by atoms with Gasteiger partial charge in [-0.3, -0.25) is 4.79 Å². The summed E-state index contributed by atoms with van der Waals surface area (Å²) in [4.78, 5) is 16.7. The quantitative estimate of drug-likeness (QED) is 0.347. The van der Waals surface area contributed by atoms with Crippen molar-refractivity contribution in [3.8, 4) is 17.2 Å². The van der Waals surface area contributed by atoms with Gasteiger partial charge in [-0.05, 0) is 18.2 Å². The first-order chi connectivity index (χ1) is 14.1. The van der Waals surface area contributed by atoms with Crippen LogP contribution in [0.2, 0.25) is 0 Å². The van der Waals surface area contributed by atoms with E-state index in [-0.39, 0.29) is 11.7 Å². The standard InChI is InChI=1S/C20H22N4O4S/c1-24-15-8-6-5-7-14(15)22-20(24)29-12-19(25)23-21-11-13-9-17(27-3)18(28-4)10-16(13)26-2/h5-11H,12H2,1-4H3,(H,23,25)/b21-11+. The maximum Gasteiger partial charge on any atom is 0.250 e. The number of nitrogens with zero attached hydrogens (tertiary/aromatic N) is 3. The summed E-state index contributed by atoms with van der Waals surface area (Å²) in [5.74, 6) is 1.59. The molecule has 1 amide bonds. The van der Waals surface area contributed by atoms with Crippen molar-refractivity contribution in [2.45, 2.75) is 5.16 Å². The Morgan fingerprint density at radius 1 is 1.14 bits per heavy atom. The molecular formula is C20H22N4O4S. The van der Waals surface area contributed by atoms with Crippen molar-refractivity contribution in [3.05, 3.63) is 42.0 Å². The van der Waals surface area contributed by atoms with E-state index in [4.69, 9.17) is 14.2 Å². The first kappa shape index (κ1) is 20.5. The second kappa shape index (κ2) is 9.33. The van der Waals surface area contributed by atoms with Crippen molar-refractivity contribution in [2.24, 2.45) is 12.1 Å². The maximum absolute atomic E-state index is 12.2. The summed E-state index contributed by atoms with van der Waals surface area (Å²) in [6, 6.07) is 11.3. The fraction of sp³-hybridized carbons (Fsp3) is 0.250. The smallest absolute Gasteiger partial charge is 0.250 e. The van der Waals surface area contributed by atoms with E-state index >= 15 is 0 Å². The molecule has 1 N–H and O–H groups in total. The van der Waals surface area contributed by atoms with E-state index in [1.165, 1.54) is 18.0 Å². The van der Waals surface area contributed by atoms with E-state index in [1.54, 1.807) is 33.5 Å². The highest BCUT2D eigenvalue weighted by molar-refractivity contribution is 7.99. The molecule has 0 aliphatic rings. The van der Waals surface area contributed by atoms with Crippen LogP contribution < -0.4 is 19.6 Å². The molecule has 0 aliphatic heterocycles. The molecule has 0 aliphatic carbocycles. The van der Waals surface area contributed by atoms with Crippen LogP contribution in [0, 0.1) is 0 Å². The molecule has 0 fully saturated rings. The molecule has 3 rings (SSSR count). The van der Waals surface area contributed by atoms with Gasteiger partial charge in [0.1, 0.15) is 5.75 Å². The lowest BCUT2D eigenvalue weighted by molar-refractivity contribution is -0.118. The molecule has 8 nitrogen and oxygen atoms in total. The van der Waals surface area contributed by atoms with E-state index in [0.29, 0.717) is 22.8 Å². The fourth-order valence-corrected chi connectivity index (χ4v) is 3.52. The molecule has 0 radical (unpaired) electrons. The summed E-state index contributed by atoms with van der Waals surface area (Å²) >= 11 is 1.35. The number of aromatic nitrogens is 2. The summed E-state index contributed by atoms with van der Waals surface area (Å²) in [6.07, 6.45) is 1.50. The minimum atomic E-state index is -0.238. The number of aryl methyl sites for hydroxylation is 1. The van der Waals surface area contributed by atoms with Crippen molar-refractivity contribution in [3.63, 3.8) is 0 Å². The highest BCUT2D eigenvalue weighted by atomic mass is 32.2. The molecule has 1 aromatic heterocycles. The third-order valence-corrected chi connectivity index (χ3v) is 5.24. The average molecular weight is 414 g/mol. The minimum Gasteiger partial charge on any atom is -0.496 e. The number of benzene rings is 2. The number of imidazole rings is 1. The van der Waals surface area contributed by atoms with Gasteiger partial charge in [-0.2, -0.15) is 5.10 Å². The number of methoxy groups -OCH3 is 3. The molecule has 0 saturated heterocycles. The van der Waals surface area contributed by atoms with Crippen molar-refractivity contribution >= 4 is 34.9 Å². The van der Waals surface area contributed by atoms with Gasteiger partial charge >= 0.3 is 0 Å². The average Bonchev–Trinajstić information content (AvgIpc) is 3.07. The number of para-hydroxylation sites is 2. The van der Waals surface area contributed by atoms with Crippen LogP contribution in [0.1, 0.15) is 5.56 Å². The minimum absolute atomic E-state index is 0.192. The van der Waals surface area contributed by atoms with Crippen LogP contribution in [-0.4, -0.2) is 48.8 Å². The first-order valence-corrected chi connectivity index (χ1v) is 9.72. The van der Waals surface area contributed by atoms with E-state index in [2.05, 4.69) is 15.5 Å². The lowest BCUT2D eigenvalue weighted by Crippen LogP contribution is -2.20. The second-order valence-electron chi connectivity index (χ2n) is 5.97. The van der Waals surface area contributed by atoms with Gasteiger partial charge in [0.25, 0.3) is 5.91 Å². The summed E-state index contributed by atoms with van der Waals surface area (Å²) in [7, 11) is 6.57. The van der Waals surface area contributed by atoms with Crippen LogP contribution >= 0.6 is 11.8 Å². The Kier molecular flexibility index (Phi) is 6.61. The number of nitrogens with one attached hydrogen (secondary N) is 1. The Morgan fingerprint density at radius 3 is 2.52 bits per heavy atom. The molecule has 0 unspecified atom stereocenters. The lowest BCUT2D eigenvalue weighted by Gasteiger charge is -2.11. The Bertz CT molecular complexity index is 1050. The van der Waals surface area contributed by atoms with E-state index in [9.17, 15) is 4.79 Å². The number of amides is 1. The Morgan fingerprint density at radius 2 is 1.83 bits per heavy atom. The van der Waals surface area contributed by atoms with Crippen LogP contribution in [0.15, 0.2) is 46.7 Å². The number of carbonyl (C=O) groups is 1. The number of carbonyl (C=O) groups excluding carboxylic acids is 1. The molecule has 152 valence electrons. The van der Waals surface area contributed by atoms with Crippen molar-refractivity contribution < 1.29 is 19.0 Å². The van der Waals surface area contributed by atoms with Crippen LogP contribution in [0.4, 0.5) is 0 Å².